The van der Waals surface area contributed by atoms with Crippen LogP contribution in [0.25, 0.3) is 5.69 Å². The van der Waals surface area contributed by atoms with E-state index in [2.05, 4.69) is 62.7 Å². The smallest absolute Gasteiger partial charge is 0.259 e. The standard InChI is InChI=1S/C29H30FN5O/c1-21-28(22(2)35(32-21)27-12-8-24(30)9-13-27)29(36)31-25-10-14-26(15-11-25)34-18-16-33(17-19-34)20-23-6-4-3-5-7-23/h3-15H,16-20H2,1-2H3,(H,31,36). The quantitative estimate of drug-likeness (QED) is 0.410. The summed E-state index contributed by atoms with van der Waals surface area (Å²) in [6, 6.07) is 24.7. The summed E-state index contributed by atoms with van der Waals surface area (Å²) in [6.45, 7) is 8.62. The highest BCUT2D eigenvalue weighted by atomic mass is 19.1. The van der Waals surface area contributed by atoms with Gasteiger partial charge < -0.3 is 10.2 Å². The molecule has 2 heterocycles. The lowest BCUT2D eigenvalue weighted by Crippen LogP contribution is -2.45. The lowest BCUT2D eigenvalue weighted by atomic mass is 10.1. The average Bonchev–Trinajstić information content (AvgIpc) is 3.20. The number of aromatic nitrogens is 2. The largest absolute Gasteiger partial charge is 0.369 e. The summed E-state index contributed by atoms with van der Waals surface area (Å²) in [5.41, 5.74) is 5.81. The van der Waals surface area contributed by atoms with Crippen LogP contribution in [0.1, 0.15) is 27.3 Å². The molecule has 1 N–H and O–H groups in total. The number of benzene rings is 3. The van der Waals surface area contributed by atoms with Gasteiger partial charge in [0.2, 0.25) is 0 Å². The number of carbonyl (C=O) groups is 1. The number of hydrogen-bond acceptors (Lipinski definition) is 4. The van der Waals surface area contributed by atoms with Crippen LogP contribution in [-0.2, 0) is 6.54 Å². The molecule has 4 aromatic rings. The number of piperazine rings is 1. The second-order valence-electron chi connectivity index (χ2n) is 9.18. The molecule has 0 radical (unpaired) electrons. The SMILES string of the molecule is Cc1nn(-c2ccc(F)cc2)c(C)c1C(=O)Nc1ccc(N2CCN(Cc3ccccc3)CC2)cc1. The Morgan fingerprint density at radius 2 is 1.50 bits per heavy atom. The number of aryl methyl sites for hydroxylation is 1. The second kappa shape index (κ2) is 10.3. The number of nitrogens with zero attached hydrogens (tertiary/aromatic N) is 4. The van der Waals surface area contributed by atoms with Crippen LogP contribution < -0.4 is 10.2 Å². The van der Waals surface area contributed by atoms with Crippen LogP contribution in [0.3, 0.4) is 0 Å². The van der Waals surface area contributed by atoms with Gasteiger partial charge in [-0.15, -0.1) is 0 Å². The van der Waals surface area contributed by atoms with Crippen LogP contribution in [0, 0.1) is 19.7 Å². The van der Waals surface area contributed by atoms with Crippen LogP contribution in [0.4, 0.5) is 15.8 Å². The monoisotopic (exact) mass is 483 g/mol. The van der Waals surface area contributed by atoms with E-state index < -0.39 is 0 Å². The molecule has 6 nitrogen and oxygen atoms in total. The van der Waals surface area contributed by atoms with Gasteiger partial charge in [-0.2, -0.15) is 5.10 Å². The first-order valence-electron chi connectivity index (χ1n) is 12.2. The van der Waals surface area contributed by atoms with E-state index in [-0.39, 0.29) is 11.7 Å². The third kappa shape index (κ3) is 5.16. The highest BCUT2D eigenvalue weighted by Gasteiger charge is 2.21. The van der Waals surface area contributed by atoms with Gasteiger partial charge in [0.05, 0.1) is 22.6 Å². The van der Waals surface area contributed by atoms with Crippen molar-refractivity contribution >= 4 is 17.3 Å². The van der Waals surface area contributed by atoms with Crippen molar-refractivity contribution in [2.24, 2.45) is 0 Å². The molecule has 1 amide bonds. The lowest BCUT2D eigenvalue weighted by molar-refractivity contribution is 0.102. The molecule has 0 saturated carbocycles. The normalized spacial score (nSPS) is 14.1. The summed E-state index contributed by atoms with van der Waals surface area (Å²) >= 11 is 0. The van der Waals surface area contributed by atoms with E-state index in [1.54, 1.807) is 16.8 Å². The van der Waals surface area contributed by atoms with Crippen molar-refractivity contribution in [1.82, 2.24) is 14.7 Å². The molecule has 0 spiro atoms. The Morgan fingerprint density at radius 3 is 2.17 bits per heavy atom. The summed E-state index contributed by atoms with van der Waals surface area (Å²) in [4.78, 5) is 18.0. The highest BCUT2D eigenvalue weighted by molar-refractivity contribution is 6.06. The molecule has 1 aliphatic rings. The molecule has 0 aliphatic carbocycles. The Kier molecular flexibility index (Phi) is 6.82. The topological polar surface area (TPSA) is 53.4 Å². The first-order chi connectivity index (χ1) is 17.5. The minimum atomic E-state index is -0.309. The fourth-order valence-corrected chi connectivity index (χ4v) is 4.76. The van der Waals surface area contributed by atoms with E-state index in [4.69, 9.17) is 0 Å². The van der Waals surface area contributed by atoms with Crippen LogP contribution in [-0.4, -0.2) is 46.8 Å². The van der Waals surface area contributed by atoms with Crippen LogP contribution in [0.2, 0.25) is 0 Å². The molecule has 0 bridgehead atoms. The van der Waals surface area contributed by atoms with E-state index in [1.165, 1.54) is 17.7 Å². The zero-order valence-corrected chi connectivity index (χ0v) is 20.6. The van der Waals surface area contributed by atoms with Crippen molar-refractivity contribution < 1.29 is 9.18 Å². The zero-order valence-electron chi connectivity index (χ0n) is 20.6. The highest BCUT2D eigenvalue weighted by Crippen LogP contribution is 2.23. The first kappa shape index (κ1) is 23.8. The van der Waals surface area contributed by atoms with Gasteiger partial charge in [0.25, 0.3) is 5.91 Å². The van der Waals surface area contributed by atoms with Crippen LogP contribution in [0.15, 0.2) is 78.9 Å². The fourth-order valence-electron chi connectivity index (χ4n) is 4.76. The maximum atomic E-state index is 13.3. The maximum absolute atomic E-state index is 13.3. The Labute approximate surface area is 211 Å². The van der Waals surface area contributed by atoms with Crippen LogP contribution >= 0.6 is 0 Å². The molecule has 1 aromatic heterocycles. The van der Waals surface area contributed by atoms with Crippen LogP contribution in [0.5, 0.6) is 0 Å². The summed E-state index contributed by atoms with van der Waals surface area (Å²) < 4.78 is 15.0. The van der Waals surface area contributed by atoms with Crippen molar-refractivity contribution in [2.75, 3.05) is 36.4 Å². The molecule has 1 fully saturated rings. The summed E-state index contributed by atoms with van der Waals surface area (Å²) in [7, 11) is 0. The molecule has 1 aliphatic heterocycles. The predicted octanol–water partition coefficient (Wildman–Crippen LogP) is 5.20. The average molecular weight is 484 g/mol. The van der Waals surface area contributed by atoms with Crippen molar-refractivity contribution in [2.45, 2.75) is 20.4 Å². The minimum Gasteiger partial charge on any atom is -0.369 e. The minimum absolute atomic E-state index is 0.208. The Hall–Kier alpha value is -3.97. The summed E-state index contributed by atoms with van der Waals surface area (Å²) in [6.07, 6.45) is 0. The molecular weight excluding hydrogens is 453 g/mol. The van der Waals surface area contributed by atoms with Crippen molar-refractivity contribution in [3.05, 3.63) is 107 Å². The van der Waals surface area contributed by atoms with Gasteiger partial charge in [0.1, 0.15) is 5.82 Å². The fraction of sp³-hybridized carbons (Fsp3) is 0.241. The number of halogens is 1. The molecule has 7 heteroatoms. The molecule has 0 unspecified atom stereocenters. The Balaban J connectivity index is 1.20. The maximum Gasteiger partial charge on any atom is 0.259 e. The van der Waals surface area contributed by atoms with Crippen molar-refractivity contribution in [1.29, 1.82) is 0 Å². The Morgan fingerprint density at radius 1 is 0.861 bits per heavy atom. The van der Waals surface area contributed by atoms with Gasteiger partial charge in [0.15, 0.2) is 0 Å². The van der Waals surface area contributed by atoms with E-state index >= 15 is 0 Å². The summed E-state index contributed by atoms with van der Waals surface area (Å²) in [5.74, 6) is -0.517. The molecule has 0 atom stereocenters. The van der Waals surface area contributed by atoms with E-state index in [1.807, 2.05) is 26.0 Å². The molecule has 184 valence electrons. The summed E-state index contributed by atoms with van der Waals surface area (Å²) in [5, 5.41) is 7.50. The van der Waals surface area contributed by atoms with Crippen molar-refractivity contribution in [3.63, 3.8) is 0 Å². The number of rotatable bonds is 6. The number of nitrogens with one attached hydrogen (secondary N) is 1. The van der Waals surface area contributed by atoms with Gasteiger partial charge in [-0.25, -0.2) is 9.07 Å². The predicted molar refractivity (Wildman–Crippen MR) is 141 cm³/mol. The lowest BCUT2D eigenvalue weighted by Gasteiger charge is -2.36. The molecule has 36 heavy (non-hydrogen) atoms. The molecule has 1 saturated heterocycles. The van der Waals surface area contributed by atoms with Gasteiger partial charge in [-0.3, -0.25) is 9.69 Å². The third-order valence-corrected chi connectivity index (χ3v) is 6.70. The third-order valence-electron chi connectivity index (χ3n) is 6.70. The van der Waals surface area contributed by atoms with E-state index in [9.17, 15) is 9.18 Å². The van der Waals surface area contributed by atoms with E-state index in [0.29, 0.717) is 22.6 Å². The first-order valence-corrected chi connectivity index (χ1v) is 12.2. The van der Waals surface area contributed by atoms with E-state index in [0.717, 1.165) is 44.1 Å². The Bertz CT molecular complexity index is 1320. The number of anilines is 2. The van der Waals surface area contributed by atoms with Gasteiger partial charge in [0, 0.05) is 44.1 Å². The molecule has 5 rings (SSSR count). The van der Waals surface area contributed by atoms with Gasteiger partial charge in [-0.1, -0.05) is 30.3 Å². The number of hydrogen-bond donors (Lipinski definition) is 1. The zero-order chi connectivity index (χ0) is 25.1. The molecule has 3 aromatic carbocycles. The van der Waals surface area contributed by atoms with Crippen molar-refractivity contribution in [3.8, 4) is 5.69 Å². The number of amides is 1. The molecular formula is C29H30FN5O. The number of carbonyl (C=O) groups excluding carboxylic acids is 1. The van der Waals surface area contributed by atoms with Gasteiger partial charge >= 0.3 is 0 Å². The second-order valence-corrected chi connectivity index (χ2v) is 9.18. The van der Waals surface area contributed by atoms with Gasteiger partial charge in [-0.05, 0) is 67.9 Å².